The van der Waals surface area contributed by atoms with E-state index >= 15 is 0 Å². The van der Waals surface area contributed by atoms with Crippen LogP contribution in [0.3, 0.4) is 0 Å². The van der Waals surface area contributed by atoms with E-state index in [-0.39, 0.29) is 0 Å². The molecule has 0 aliphatic carbocycles. The van der Waals surface area contributed by atoms with E-state index in [1.807, 2.05) is 36.4 Å². The molecule has 1 heterocycles. The molecule has 2 nitrogen and oxygen atoms in total. The number of hydrogen-bond donors (Lipinski definition) is 1. The number of hydrogen-bond acceptors (Lipinski definition) is 2. The lowest BCUT2D eigenvalue weighted by Crippen LogP contribution is -2.05. The first-order valence-electron chi connectivity index (χ1n) is 7.23. The minimum Gasteiger partial charge on any atom is -0.386 e. The van der Waals surface area contributed by atoms with Gasteiger partial charge in [0, 0.05) is 11.8 Å². The third-order valence-corrected chi connectivity index (χ3v) is 3.80. The van der Waals surface area contributed by atoms with Crippen LogP contribution in [-0.2, 0) is 6.42 Å². The van der Waals surface area contributed by atoms with Gasteiger partial charge in [-0.3, -0.25) is 4.98 Å². The summed E-state index contributed by atoms with van der Waals surface area (Å²) in [5.41, 5.74) is 5.18. The van der Waals surface area contributed by atoms with Crippen LogP contribution in [0.1, 0.15) is 28.5 Å². The van der Waals surface area contributed by atoms with Crippen molar-refractivity contribution in [2.45, 2.75) is 26.4 Å². The third-order valence-electron chi connectivity index (χ3n) is 3.80. The zero-order valence-corrected chi connectivity index (χ0v) is 12.4. The first kappa shape index (κ1) is 13.8. The van der Waals surface area contributed by atoms with Crippen LogP contribution in [0.5, 0.6) is 0 Å². The van der Waals surface area contributed by atoms with Gasteiger partial charge >= 0.3 is 0 Å². The lowest BCUT2D eigenvalue weighted by molar-refractivity contribution is 0.174. The Kier molecular flexibility index (Phi) is 3.72. The van der Waals surface area contributed by atoms with E-state index in [0.29, 0.717) is 6.42 Å². The average molecular weight is 277 g/mol. The molecule has 2 heteroatoms. The highest BCUT2D eigenvalue weighted by atomic mass is 16.3. The van der Waals surface area contributed by atoms with Crippen molar-refractivity contribution in [1.29, 1.82) is 0 Å². The minimum atomic E-state index is -0.574. The Morgan fingerprint density at radius 3 is 2.62 bits per heavy atom. The first-order valence-corrected chi connectivity index (χ1v) is 7.23. The molecule has 21 heavy (non-hydrogen) atoms. The maximum Gasteiger partial charge on any atom is 0.1000 e. The van der Waals surface area contributed by atoms with Gasteiger partial charge in [-0.15, -0.1) is 0 Å². The van der Waals surface area contributed by atoms with Crippen molar-refractivity contribution in [2.24, 2.45) is 0 Å². The molecule has 1 aromatic heterocycles. The van der Waals surface area contributed by atoms with Crippen molar-refractivity contribution in [3.8, 4) is 0 Å². The molecule has 1 unspecified atom stereocenters. The van der Waals surface area contributed by atoms with Crippen LogP contribution in [-0.4, -0.2) is 10.1 Å². The molecular weight excluding hydrogens is 258 g/mol. The van der Waals surface area contributed by atoms with Crippen LogP contribution < -0.4 is 0 Å². The molecule has 3 aromatic rings. The van der Waals surface area contributed by atoms with Crippen LogP contribution in [0.25, 0.3) is 10.9 Å². The van der Waals surface area contributed by atoms with E-state index in [1.165, 1.54) is 5.56 Å². The topological polar surface area (TPSA) is 33.1 Å². The molecule has 0 fully saturated rings. The average Bonchev–Trinajstić information content (AvgIpc) is 2.47. The predicted molar refractivity (Wildman–Crippen MR) is 86.3 cm³/mol. The molecule has 1 N–H and O–H groups in total. The Labute approximate surface area is 125 Å². The highest BCUT2D eigenvalue weighted by Crippen LogP contribution is 2.23. The normalized spacial score (nSPS) is 12.5. The highest BCUT2D eigenvalue weighted by Gasteiger charge is 2.12. The standard InChI is InChI=1S/C19H19NO/c1-13-6-5-7-15(10-13)12-19(21)18-11-14(2)16-8-3-4-9-17(16)20-18/h3-11,19,21H,12H2,1-2H3. The van der Waals surface area contributed by atoms with E-state index in [4.69, 9.17) is 0 Å². The number of rotatable bonds is 3. The minimum absolute atomic E-state index is 0.574. The SMILES string of the molecule is Cc1cccc(CC(O)c2cc(C)c3ccccc3n2)c1. The summed E-state index contributed by atoms with van der Waals surface area (Å²) in [4.78, 5) is 4.60. The fourth-order valence-corrected chi connectivity index (χ4v) is 2.71. The van der Waals surface area contributed by atoms with Crippen LogP contribution >= 0.6 is 0 Å². The van der Waals surface area contributed by atoms with Crippen molar-refractivity contribution < 1.29 is 5.11 Å². The summed E-state index contributed by atoms with van der Waals surface area (Å²) in [6.07, 6.45) is 0.0158. The number of aliphatic hydroxyl groups excluding tert-OH is 1. The number of para-hydroxylation sites is 1. The smallest absolute Gasteiger partial charge is 0.1000 e. The van der Waals surface area contributed by atoms with Gasteiger partial charge in [-0.2, -0.15) is 0 Å². The first-order chi connectivity index (χ1) is 10.1. The van der Waals surface area contributed by atoms with Crippen LogP contribution in [0.2, 0.25) is 0 Å². The van der Waals surface area contributed by atoms with Crippen molar-refractivity contribution in [2.75, 3.05) is 0 Å². The Balaban J connectivity index is 1.92. The van der Waals surface area contributed by atoms with Crippen LogP contribution in [0.4, 0.5) is 0 Å². The molecule has 0 saturated carbocycles. The maximum atomic E-state index is 10.5. The maximum absolute atomic E-state index is 10.5. The number of aliphatic hydroxyl groups is 1. The Hall–Kier alpha value is -2.19. The molecular formula is C19H19NO. The van der Waals surface area contributed by atoms with Crippen LogP contribution in [0, 0.1) is 13.8 Å². The van der Waals surface area contributed by atoms with Gasteiger partial charge in [0.2, 0.25) is 0 Å². The van der Waals surface area contributed by atoms with E-state index in [9.17, 15) is 5.11 Å². The second kappa shape index (κ2) is 5.66. The lowest BCUT2D eigenvalue weighted by Gasteiger charge is -2.13. The van der Waals surface area contributed by atoms with Crippen LogP contribution in [0.15, 0.2) is 54.6 Å². The molecule has 2 aromatic carbocycles. The molecule has 0 radical (unpaired) electrons. The monoisotopic (exact) mass is 277 g/mol. The fourth-order valence-electron chi connectivity index (χ4n) is 2.71. The quantitative estimate of drug-likeness (QED) is 0.781. The van der Waals surface area contributed by atoms with E-state index < -0.39 is 6.10 Å². The van der Waals surface area contributed by atoms with Gasteiger partial charge in [0.15, 0.2) is 0 Å². The van der Waals surface area contributed by atoms with Crippen molar-refractivity contribution in [3.63, 3.8) is 0 Å². The Morgan fingerprint density at radius 1 is 1.00 bits per heavy atom. The van der Waals surface area contributed by atoms with Crippen molar-refractivity contribution >= 4 is 10.9 Å². The Bertz CT molecular complexity index is 779. The summed E-state index contributed by atoms with van der Waals surface area (Å²) in [6.45, 7) is 4.13. The summed E-state index contributed by atoms with van der Waals surface area (Å²) in [5.74, 6) is 0. The Morgan fingerprint density at radius 2 is 1.81 bits per heavy atom. The van der Waals surface area contributed by atoms with E-state index in [0.717, 1.165) is 27.7 Å². The molecule has 0 aliphatic rings. The molecule has 0 spiro atoms. The number of nitrogens with zero attached hydrogens (tertiary/aromatic N) is 1. The molecule has 106 valence electrons. The third kappa shape index (κ3) is 2.96. The fraction of sp³-hybridized carbons (Fsp3) is 0.211. The number of aryl methyl sites for hydroxylation is 2. The number of aromatic nitrogens is 1. The summed E-state index contributed by atoms with van der Waals surface area (Å²) in [6, 6.07) is 18.3. The molecule has 0 aliphatic heterocycles. The van der Waals surface area contributed by atoms with E-state index in [2.05, 4.69) is 37.0 Å². The van der Waals surface area contributed by atoms with Gasteiger partial charge in [0.25, 0.3) is 0 Å². The van der Waals surface area contributed by atoms with E-state index in [1.54, 1.807) is 0 Å². The molecule has 3 rings (SSSR count). The van der Waals surface area contributed by atoms with Crippen molar-refractivity contribution in [3.05, 3.63) is 77.0 Å². The molecule has 0 amide bonds. The van der Waals surface area contributed by atoms with Crippen molar-refractivity contribution in [1.82, 2.24) is 4.98 Å². The summed E-state index contributed by atoms with van der Waals surface area (Å²) in [7, 11) is 0. The second-order valence-electron chi connectivity index (χ2n) is 5.59. The zero-order chi connectivity index (χ0) is 14.8. The van der Waals surface area contributed by atoms with Gasteiger partial charge in [-0.1, -0.05) is 48.0 Å². The largest absolute Gasteiger partial charge is 0.386 e. The molecule has 0 saturated heterocycles. The lowest BCUT2D eigenvalue weighted by atomic mass is 10.0. The highest BCUT2D eigenvalue weighted by molar-refractivity contribution is 5.82. The summed E-state index contributed by atoms with van der Waals surface area (Å²) < 4.78 is 0. The van der Waals surface area contributed by atoms with Gasteiger partial charge in [-0.05, 0) is 37.1 Å². The molecule has 0 bridgehead atoms. The molecule has 1 atom stereocenters. The van der Waals surface area contributed by atoms with Gasteiger partial charge in [0.1, 0.15) is 0 Å². The van der Waals surface area contributed by atoms with Gasteiger partial charge < -0.3 is 5.11 Å². The summed E-state index contributed by atoms with van der Waals surface area (Å²) in [5, 5.41) is 11.6. The number of benzene rings is 2. The summed E-state index contributed by atoms with van der Waals surface area (Å²) >= 11 is 0. The van der Waals surface area contributed by atoms with Gasteiger partial charge in [0.05, 0.1) is 17.3 Å². The predicted octanol–water partition coefficient (Wildman–Crippen LogP) is 4.13. The zero-order valence-electron chi connectivity index (χ0n) is 12.4. The van der Waals surface area contributed by atoms with Gasteiger partial charge in [-0.25, -0.2) is 0 Å². The number of fused-ring (bicyclic) bond motifs is 1. The second-order valence-corrected chi connectivity index (χ2v) is 5.59. The number of pyridine rings is 1.